The Bertz CT molecular complexity index is 1200. The Balaban J connectivity index is 1.86. The van der Waals surface area contributed by atoms with Crippen molar-refractivity contribution in [2.75, 3.05) is 6.26 Å². The van der Waals surface area contributed by atoms with Crippen LogP contribution in [-0.2, 0) is 9.84 Å². The van der Waals surface area contributed by atoms with Crippen LogP contribution in [0.4, 0.5) is 4.39 Å². The predicted octanol–water partition coefficient (Wildman–Crippen LogP) is 4.63. The molecule has 0 aliphatic carbocycles. The maximum atomic E-state index is 14.6. The summed E-state index contributed by atoms with van der Waals surface area (Å²) in [6.07, 6.45) is 4.29. The highest BCUT2D eigenvalue weighted by molar-refractivity contribution is 7.91. The van der Waals surface area contributed by atoms with Gasteiger partial charge in [-0.3, -0.25) is 0 Å². The quantitative estimate of drug-likeness (QED) is 0.553. The number of sulfone groups is 1. The molecule has 0 unspecified atom stereocenters. The molecular weight excluding hydrogens is 375 g/mol. The van der Waals surface area contributed by atoms with Crippen molar-refractivity contribution in [3.63, 3.8) is 0 Å². The summed E-state index contributed by atoms with van der Waals surface area (Å²) >= 11 is 1.46. The molecule has 1 N–H and O–H groups in total. The molecule has 4 aromatic rings. The zero-order valence-electron chi connectivity index (χ0n) is 13.6. The first kappa shape index (κ1) is 16.7. The van der Waals surface area contributed by atoms with Gasteiger partial charge in [0.1, 0.15) is 15.7 Å². The molecule has 0 amide bonds. The van der Waals surface area contributed by atoms with Gasteiger partial charge < -0.3 is 9.72 Å². The molecule has 0 saturated carbocycles. The number of aromatic nitrogens is 2. The molecular formula is C18H13FN2O3S2. The topological polar surface area (TPSA) is 72.1 Å². The minimum Gasteiger partial charge on any atom is -0.453 e. The Kier molecular flexibility index (Phi) is 4.01. The van der Waals surface area contributed by atoms with Gasteiger partial charge in [-0.25, -0.2) is 17.8 Å². The number of ether oxygens (including phenoxy) is 1. The zero-order chi connectivity index (χ0) is 18.3. The van der Waals surface area contributed by atoms with E-state index >= 15 is 0 Å². The van der Waals surface area contributed by atoms with Crippen LogP contribution in [0, 0.1) is 5.82 Å². The molecule has 0 saturated heterocycles. The van der Waals surface area contributed by atoms with Gasteiger partial charge in [0.2, 0.25) is 0 Å². The number of halogens is 1. The SMILES string of the molecule is CS(=O)(=O)c1c(Oc2cccc(-c3nccs3)c2)c(F)cc2[nH]ccc12. The second-order valence-corrected chi connectivity index (χ2v) is 8.54. The number of hydrogen-bond donors (Lipinski definition) is 1. The molecule has 26 heavy (non-hydrogen) atoms. The van der Waals surface area contributed by atoms with Crippen LogP contribution in [0.3, 0.4) is 0 Å². The van der Waals surface area contributed by atoms with Gasteiger partial charge in [-0.05, 0) is 18.2 Å². The molecule has 2 aromatic heterocycles. The third kappa shape index (κ3) is 2.97. The molecule has 2 aromatic carbocycles. The molecule has 0 radical (unpaired) electrons. The van der Waals surface area contributed by atoms with Crippen molar-refractivity contribution in [2.45, 2.75) is 4.90 Å². The predicted molar refractivity (Wildman–Crippen MR) is 99.0 cm³/mol. The number of benzene rings is 2. The van der Waals surface area contributed by atoms with E-state index < -0.39 is 15.7 Å². The Morgan fingerprint density at radius 2 is 2.08 bits per heavy atom. The fourth-order valence-corrected chi connectivity index (χ4v) is 4.45. The van der Waals surface area contributed by atoms with Gasteiger partial charge in [-0.1, -0.05) is 12.1 Å². The summed E-state index contributed by atoms with van der Waals surface area (Å²) in [7, 11) is -3.72. The highest BCUT2D eigenvalue weighted by atomic mass is 32.2. The largest absolute Gasteiger partial charge is 0.453 e. The fourth-order valence-electron chi connectivity index (χ4n) is 2.76. The van der Waals surface area contributed by atoms with Crippen LogP contribution in [0.2, 0.25) is 0 Å². The van der Waals surface area contributed by atoms with E-state index in [1.807, 2.05) is 11.4 Å². The normalized spacial score (nSPS) is 11.8. The maximum absolute atomic E-state index is 14.6. The molecule has 132 valence electrons. The van der Waals surface area contributed by atoms with E-state index in [2.05, 4.69) is 9.97 Å². The van der Waals surface area contributed by atoms with E-state index in [-0.39, 0.29) is 10.6 Å². The van der Waals surface area contributed by atoms with E-state index in [1.165, 1.54) is 17.4 Å². The first-order valence-electron chi connectivity index (χ1n) is 7.61. The van der Waals surface area contributed by atoms with Gasteiger partial charge >= 0.3 is 0 Å². The summed E-state index contributed by atoms with van der Waals surface area (Å²) in [5, 5.41) is 3.03. The van der Waals surface area contributed by atoms with E-state index in [0.717, 1.165) is 16.8 Å². The van der Waals surface area contributed by atoms with Gasteiger partial charge in [0.25, 0.3) is 0 Å². The third-order valence-electron chi connectivity index (χ3n) is 3.82. The van der Waals surface area contributed by atoms with E-state index in [1.54, 1.807) is 36.7 Å². The standard InChI is InChI=1S/C18H13FN2O3S2/c1-26(22,23)17-13-5-6-20-15(13)10-14(19)16(17)24-12-4-2-3-11(9-12)18-21-7-8-25-18/h2-10,20H,1H3. The van der Waals surface area contributed by atoms with Crippen LogP contribution in [0.5, 0.6) is 11.5 Å². The summed E-state index contributed by atoms with van der Waals surface area (Å²) in [6, 6.07) is 9.76. The van der Waals surface area contributed by atoms with Crippen LogP contribution in [0.25, 0.3) is 21.5 Å². The van der Waals surface area contributed by atoms with Crippen molar-refractivity contribution in [2.24, 2.45) is 0 Å². The van der Waals surface area contributed by atoms with Crippen molar-refractivity contribution < 1.29 is 17.5 Å². The third-order valence-corrected chi connectivity index (χ3v) is 5.79. The number of nitrogens with one attached hydrogen (secondary N) is 1. The highest BCUT2D eigenvalue weighted by Crippen LogP contribution is 2.38. The monoisotopic (exact) mass is 388 g/mol. The van der Waals surface area contributed by atoms with Crippen molar-refractivity contribution in [1.82, 2.24) is 9.97 Å². The Morgan fingerprint density at radius 3 is 2.81 bits per heavy atom. The van der Waals surface area contributed by atoms with Crippen molar-refractivity contribution in [1.29, 1.82) is 0 Å². The second kappa shape index (κ2) is 6.22. The van der Waals surface area contributed by atoms with E-state index in [9.17, 15) is 12.8 Å². The summed E-state index contributed by atoms with van der Waals surface area (Å²) < 4.78 is 44.9. The fraction of sp³-hybridized carbons (Fsp3) is 0.0556. The first-order valence-corrected chi connectivity index (χ1v) is 10.4. The summed E-state index contributed by atoms with van der Waals surface area (Å²) in [6.45, 7) is 0. The van der Waals surface area contributed by atoms with Gasteiger partial charge in [-0.2, -0.15) is 0 Å². The van der Waals surface area contributed by atoms with E-state index in [0.29, 0.717) is 16.7 Å². The minimum atomic E-state index is -3.72. The summed E-state index contributed by atoms with van der Waals surface area (Å²) in [5.74, 6) is -0.729. The number of aromatic amines is 1. The van der Waals surface area contributed by atoms with Gasteiger partial charge in [0.15, 0.2) is 21.4 Å². The highest BCUT2D eigenvalue weighted by Gasteiger charge is 2.24. The lowest BCUT2D eigenvalue weighted by Gasteiger charge is -2.13. The van der Waals surface area contributed by atoms with Crippen molar-refractivity contribution in [3.8, 4) is 22.1 Å². The molecule has 0 aliphatic heterocycles. The van der Waals surface area contributed by atoms with Gasteiger partial charge in [-0.15, -0.1) is 11.3 Å². The molecule has 8 heteroatoms. The molecule has 0 atom stereocenters. The number of thiazole rings is 1. The number of hydrogen-bond acceptors (Lipinski definition) is 5. The maximum Gasteiger partial charge on any atom is 0.182 e. The number of fused-ring (bicyclic) bond motifs is 1. The smallest absolute Gasteiger partial charge is 0.182 e. The number of nitrogens with zero attached hydrogens (tertiary/aromatic N) is 1. The summed E-state index contributed by atoms with van der Waals surface area (Å²) in [4.78, 5) is 6.88. The average Bonchev–Trinajstić information content (AvgIpc) is 3.25. The lowest BCUT2D eigenvalue weighted by molar-refractivity contribution is 0.430. The minimum absolute atomic E-state index is 0.173. The molecule has 0 aliphatic rings. The van der Waals surface area contributed by atoms with Gasteiger partial charge in [0.05, 0.1) is 0 Å². The molecule has 2 heterocycles. The first-order chi connectivity index (χ1) is 12.4. The average molecular weight is 388 g/mol. The lowest BCUT2D eigenvalue weighted by Crippen LogP contribution is -2.03. The van der Waals surface area contributed by atoms with Crippen molar-refractivity contribution >= 4 is 32.1 Å². The molecule has 5 nitrogen and oxygen atoms in total. The van der Waals surface area contributed by atoms with Crippen LogP contribution in [0.1, 0.15) is 0 Å². The number of H-pyrrole nitrogens is 1. The van der Waals surface area contributed by atoms with E-state index in [4.69, 9.17) is 4.74 Å². The van der Waals surface area contributed by atoms with Crippen LogP contribution in [0.15, 0.2) is 59.1 Å². The lowest BCUT2D eigenvalue weighted by atomic mass is 10.2. The summed E-state index contributed by atoms with van der Waals surface area (Å²) in [5.41, 5.74) is 1.20. The molecule has 0 spiro atoms. The second-order valence-electron chi connectivity index (χ2n) is 5.69. The Morgan fingerprint density at radius 1 is 1.23 bits per heavy atom. The van der Waals surface area contributed by atoms with Gasteiger partial charge in [0, 0.05) is 46.6 Å². The van der Waals surface area contributed by atoms with Crippen LogP contribution >= 0.6 is 11.3 Å². The Labute approximate surface area is 153 Å². The number of rotatable bonds is 4. The molecule has 4 rings (SSSR count). The Hall–Kier alpha value is -2.71. The molecule has 0 bridgehead atoms. The molecule has 0 fully saturated rings. The van der Waals surface area contributed by atoms with Crippen LogP contribution in [-0.4, -0.2) is 24.6 Å². The zero-order valence-corrected chi connectivity index (χ0v) is 15.2. The van der Waals surface area contributed by atoms with Crippen LogP contribution < -0.4 is 4.74 Å². The van der Waals surface area contributed by atoms with Crippen molar-refractivity contribution in [3.05, 3.63) is 60.0 Å².